The van der Waals surface area contributed by atoms with Crippen molar-refractivity contribution in [1.29, 1.82) is 0 Å². The Labute approximate surface area is 154 Å². The molecule has 1 aromatic heterocycles. The van der Waals surface area contributed by atoms with Crippen molar-refractivity contribution in [3.8, 4) is 0 Å². The van der Waals surface area contributed by atoms with E-state index in [9.17, 15) is 14.0 Å². The molecule has 128 valence electrons. The quantitative estimate of drug-likeness (QED) is 0.725. The van der Waals surface area contributed by atoms with Gasteiger partial charge < -0.3 is 9.67 Å². The number of aromatic nitrogens is 1. The van der Waals surface area contributed by atoms with Crippen LogP contribution < -0.4 is 4.80 Å². The minimum absolute atomic E-state index is 0.0588. The molecule has 0 atom stereocenters. The third-order valence-electron chi connectivity index (χ3n) is 3.31. The standard InChI is InChI=1S/C16H9Cl2FN2O3S/c17-9-3-1-2-8(6-9)15(24)20-16-21(7-12(22)23)11-5-4-10(18)13(19)14(11)25-16/h1-6H,7H2,(H,22,23). The van der Waals surface area contributed by atoms with Crippen molar-refractivity contribution in [2.75, 3.05) is 0 Å². The largest absolute Gasteiger partial charge is 0.480 e. The van der Waals surface area contributed by atoms with Crippen LogP contribution in [0.1, 0.15) is 10.4 Å². The Morgan fingerprint density at radius 1 is 1.24 bits per heavy atom. The maximum Gasteiger partial charge on any atom is 0.323 e. The number of hydrogen-bond donors (Lipinski definition) is 1. The molecule has 0 saturated heterocycles. The van der Waals surface area contributed by atoms with Gasteiger partial charge in [-0.2, -0.15) is 4.99 Å². The Kier molecular flexibility index (Phi) is 4.89. The molecule has 5 nitrogen and oxygen atoms in total. The first-order chi connectivity index (χ1) is 11.9. The number of amides is 1. The van der Waals surface area contributed by atoms with Crippen LogP contribution in [0, 0.1) is 5.82 Å². The van der Waals surface area contributed by atoms with Gasteiger partial charge in [-0.15, -0.1) is 0 Å². The molecule has 0 radical (unpaired) electrons. The van der Waals surface area contributed by atoms with Crippen LogP contribution in [0.15, 0.2) is 41.4 Å². The van der Waals surface area contributed by atoms with Crippen molar-refractivity contribution >= 4 is 56.6 Å². The van der Waals surface area contributed by atoms with E-state index in [1.165, 1.54) is 28.8 Å². The second kappa shape index (κ2) is 6.95. The third-order valence-corrected chi connectivity index (χ3v) is 4.92. The fourth-order valence-corrected chi connectivity index (χ4v) is 3.70. The van der Waals surface area contributed by atoms with E-state index in [1.54, 1.807) is 12.1 Å². The monoisotopic (exact) mass is 398 g/mol. The highest BCUT2D eigenvalue weighted by molar-refractivity contribution is 7.16. The third kappa shape index (κ3) is 3.58. The number of halogens is 3. The van der Waals surface area contributed by atoms with E-state index in [0.717, 1.165) is 11.3 Å². The van der Waals surface area contributed by atoms with Crippen LogP contribution in [0.3, 0.4) is 0 Å². The molecule has 2 aromatic carbocycles. The van der Waals surface area contributed by atoms with Crippen molar-refractivity contribution in [3.63, 3.8) is 0 Å². The molecular formula is C16H9Cl2FN2O3S. The molecule has 0 spiro atoms. The highest BCUT2D eigenvalue weighted by Crippen LogP contribution is 2.26. The number of carbonyl (C=O) groups excluding carboxylic acids is 1. The van der Waals surface area contributed by atoms with Gasteiger partial charge in [0.1, 0.15) is 6.54 Å². The summed E-state index contributed by atoms with van der Waals surface area (Å²) < 4.78 is 15.6. The Balaban J connectivity index is 2.22. The fraction of sp³-hybridized carbons (Fsp3) is 0.0625. The summed E-state index contributed by atoms with van der Waals surface area (Å²) >= 11 is 12.5. The number of carbonyl (C=O) groups is 2. The van der Waals surface area contributed by atoms with Gasteiger partial charge in [-0.3, -0.25) is 9.59 Å². The SMILES string of the molecule is O=C(O)Cn1c(=NC(=O)c2cccc(Cl)c2)sc2c(F)c(Cl)ccc21. The van der Waals surface area contributed by atoms with Gasteiger partial charge in [-0.1, -0.05) is 40.6 Å². The summed E-state index contributed by atoms with van der Waals surface area (Å²) in [4.78, 5) is 27.5. The summed E-state index contributed by atoms with van der Waals surface area (Å²) in [7, 11) is 0. The Hall–Kier alpha value is -2.22. The van der Waals surface area contributed by atoms with Crippen LogP contribution in [0.5, 0.6) is 0 Å². The molecule has 0 fully saturated rings. The predicted molar refractivity (Wildman–Crippen MR) is 93.8 cm³/mol. The molecule has 1 N–H and O–H groups in total. The van der Waals surface area contributed by atoms with Gasteiger partial charge in [0.2, 0.25) is 0 Å². The van der Waals surface area contributed by atoms with Gasteiger partial charge in [-0.05, 0) is 30.3 Å². The molecule has 3 aromatic rings. The van der Waals surface area contributed by atoms with Crippen molar-refractivity contribution in [2.45, 2.75) is 6.54 Å². The highest BCUT2D eigenvalue weighted by Gasteiger charge is 2.16. The number of benzene rings is 2. The second-order valence-corrected chi connectivity index (χ2v) is 6.82. The average Bonchev–Trinajstić information content (AvgIpc) is 2.89. The van der Waals surface area contributed by atoms with Crippen LogP contribution in [0.4, 0.5) is 4.39 Å². The van der Waals surface area contributed by atoms with Crippen LogP contribution in [0.25, 0.3) is 10.2 Å². The number of thiazole rings is 1. The van der Waals surface area contributed by atoms with Crippen molar-refractivity contribution in [1.82, 2.24) is 4.57 Å². The topological polar surface area (TPSA) is 71.7 Å². The van der Waals surface area contributed by atoms with E-state index >= 15 is 0 Å². The number of hydrogen-bond acceptors (Lipinski definition) is 3. The average molecular weight is 399 g/mol. The molecule has 1 heterocycles. The molecule has 0 aliphatic heterocycles. The smallest absolute Gasteiger partial charge is 0.323 e. The van der Waals surface area contributed by atoms with E-state index in [0.29, 0.717) is 10.5 Å². The van der Waals surface area contributed by atoms with Gasteiger partial charge in [0.15, 0.2) is 10.6 Å². The maximum atomic E-state index is 14.2. The number of aliphatic carboxylic acids is 1. The Morgan fingerprint density at radius 3 is 2.68 bits per heavy atom. The van der Waals surface area contributed by atoms with Crippen LogP contribution in [-0.2, 0) is 11.3 Å². The maximum absolute atomic E-state index is 14.2. The normalized spacial score (nSPS) is 11.9. The van der Waals surface area contributed by atoms with Gasteiger partial charge in [-0.25, -0.2) is 4.39 Å². The zero-order valence-electron chi connectivity index (χ0n) is 12.4. The van der Waals surface area contributed by atoms with Gasteiger partial charge in [0, 0.05) is 10.6 Å². The Bertz CT molecular complexity index is 1070. The van der Waals surface area contributed by atoms with Crippen LogP contribution in [0.2, 0.25) is 10.0 Å². The lowest BCUT2D eigenvalue weighted by Crippen LogP contribution is -2.21. The molecule has 1 amide bonds. The lowest BCUT2D eigenvalue weighted by molar-refractivity contribution is -0.137. The summed E-state index contributed by atoms with van der Waals surface area (Å²) in [5.74, 6) is -2.44. The first-order valence-corrected chi connectivity index (χ1v) is 8.48. The first kappa shape index (κ1) is 17.6. The summed E-state index contributed by atoms with van der Waals surface area (Å²) in [6, 6.07) is 9.00. The number of carboxylic acid groups (broad SMARTS) is 1. The predicted octanol–water partition coefficient (Wildman–Crippen LogP) is 3.97. The van der Waals surface area contributed by atoms with E-state index in [2.05, 4.69) is 4.99 Å². The van der Waals surface area contributed by atoms with E-state index in [1.807, 2.05) is 0 Å². The molecule has 0 unspecified atom stereocenters. The number of fused-ring (bicyclic) bond motifs is 1. The van der Waals surface area contributed by atoms with Gasteiger partial charge in [0.05, 0.1) is 15.2 Å². The zero-order chi connectivity index (χ0) is 18.1. The summed E-state index contributed by atoms with van der Waals surface area (Å²) in [6.07, 6.45) is 0. The van der Waals surface area contributed by atoms with E-state index < -0.39 is 24.2 Å². The molecule has 0 bridgehead atoms. The van der Waals surface area contributed by atoms with Crippen LogP contribution in [-0.4, -0.2) is 21.6 Å². The second-order valence-electron chi connectivity index (χ2n) is 5.00. The van der Waals surface area contributed by atoms with E-state index in [4.69, 9.17) is 28.3 Å². The molecule has 0 aliphatic rings. The number of rotatable bonds is 3. The molecule has 25 heavy (non-hydrogen) atoms. The van der Waals surface area contributed by atoms with Crippen molar-refractivity contribution < 1.29 is 19.1 Å². The highest BCUT2D eigenvalue weighted by atomic mass is 35.5. The Morgan fingerprint density at radius 2 is 2.00 bits per heavy atom. The first-order valence-electron chi connectivity index (χ1n) is 6.90. The minimum Gasteiger partial charge on any atom is -0.480 e. The van der Waals surface area contributed by atoms with Crippen molar-refractivity contribution in [3.05, 3.63) is 62.6 Å². The number of nitrogens with zero attached hydrogens (tertiary/aromatic N) is 2. The van der Waals surface area contributed by atoms with Crippen molar-refractivity contribution in [2.24, 2.45) is 4.99 Å². The van der Waals surface area contributed by atoms with Gasteiger partial charge >= 0.3 is 5.97 Å². The van der Waals surface area contributed by atoms with E-state index in [-0.39, 0.29) is 20.1 Å². The lowest BCUT2D eigenvalue weighted by atomic mass is 10.2. The zero-order valence-corrected chi connectivity index (χ0v) is 14.7. The minimum atomic E-state index is -1.15. The molecule has 0 saturated carbocycles. The molecule has 3 rings (SSSR count). The van der Waals surface area contributed by atoms with Gasteiger partial charge in [0.25, 0.3) is 5.91 Å². The molecular weight excluding hydrogens is 390 g/mol. The number of carboxylic acids is 1. The van der Waals surface area contributed by atoms with Crippen LogP contribution >= 0.6 is 34.5 Å². The lowest BCUT2D eigenvalue weighted by Gasteiger charge is -2.02. The summed E-state index contributed by atoms with van der Waals surface area (Å²) in [5, 5.41) is 9.38. The summed E-state index contributed by atoms with van der Waals surface area (Å²) in [5.41, 5.74) is 0.539. The summed E-state index contributed by atoms with van der Waals surface area (Å²) in [6.45, 7) is -0.470. The fourth-order valence-electron chi connectivity index (χ4n) is 2.23. The molecule has 0 aliphatic carbocycles. The molecule has 9 heteroatoms.